The van der Waals surface area contributed by atoms with E-state index >= 15 is 0 Å². The largest absolute Gasteiger partial charge is 0.480 e. The monoisotopic (exact) mass is 285 g/mol. The van der Waals surface area contributed by atoms with E-state index in [1.807, 2.05) is 0 Å². The van der Waals surface area contributed by atoms with E-state index in [1.54, 1.807) is 0 Å². The molecular weight excluding hydrogens is 262 g/mol. The molecule has 20 heavy (non-hydrogen) atoms. The Bertz CT molecular complexity index is 349. The third-order valence-electron chi connectivity index (χ3n) is 3.11. The molecule has 1 atom stereocenters. The Morgan fingerprint density at radius 3 is 2.95 bits per heavy atom. The number of likely N-dealkylation sites (N-methyl/N-ethyl adjacent to an activating group) is 1. The van der Waals surface area contributed by atoms with Crippen LogP contribution in [0.2, 0.25) is 0 Å². The first kappa shape index (κ1) is 16.5. The van der Waals surface area contributed by atoms with Crippen molar-refractivity contribution >= 4 is 12.0 Å². The van der Waals surface area contributed by atoms with Crippen LogP contribution in [0.25, 0.3) is 0 Å². The maximum Gasteiger partial charge on any atom is 0.323 e. The first-order chi connectivity index (χ1) is 9.56. The second-order valence-electron chi connectivity index (χ2n) is 4.64. The Hall–Kier alpha value is -1.60. The van der Waals surface area contributed by atoms with Crippen molar-refractivity contribution in [3.05, 3.63) is 12.7 Å². The van der Waals surface area contributed by atoms with Crippen LogP contribution in [0, 0.1) is 0 Å². The number of amides is 2. The van der Waals surface area contributed by atoms with E-state index in [9.17, 15) is 9.59 Å². The second kappa shape index (κ2) is 8.55. The second-order valence-corrected chi connectivity index (χ2v) is 4.64. The Morgan fingerprint density at radius 2 is 2.35 bits per heavy atom. The molecule has 1 heterocycles. The number of carboxylic acids is 1. The van der Waals surface area contributed by atoms with Crippen molar-refractivity contribution in [1.29, 1.82) is 0 Å². The highest BCUT2D eigenvalue weighted by Crippen LogP contribution is 2.04. The SMILES string of the molecule is C=CCN(CC(=O)O)C(=O)NCC1CN(CC)CCO1. The van der Waals surface area contributed by atoms with Crippen LogP contribution in [0.4, 0.5) is 4.79 Å². The number of rotatable bonds is 7. The summed E-state index contributed by atoms with van der Waals surface area (Å²) in [4.78, 5) is 26.0. The molecule has 0 aromatic heterocycles. The molecule has 7 nitrogen and oxygen atoms in total. The van der Waals surface area contributed by atoms with Gasteiger partial charge in [0, 0.05) is 26.2 Å². The van der Waals surface area contributed by atoms with Crippen molar-refractivity contribution in [2.75, 3.05) is 45.9 Å². The molecule has 114 valence electrons. The lowest BCUT2D eigenvalue weighted by Crippen LogP contribution is -2.50. The predicted molar refractivity (Wildman–Crippen MR) is 74.7 cm³/mol. The molecule has 1 saturated heterocycles. The Labute approximate surface area is 119 Å². The summed E-state index contributed by atoms with van der Waals surface area (Å²) in [5, 5.41) is 11.5. The molecule has 0 spiro atoms. The van der Waals surface area contributed by atoms with Crippen LogP contribution in [0.5, 0.6) is 0 Å². The van der Waals surface area contributed by atoms with Crippen LogP contribution in [0.1, 0.15) is 6.92 Å². The molecule has 2 N–H and O–H groups in total. The highest BCUT2D eigenvalue weighted by atomic mass is 16.5. The molecule has 1 fully saturated rings. The number of hydrogen-bond donors (Lipinski definition) is 2. The zero-order valence-corrected chi connectivity index (χ0v) is 11.9. The van der Waals surface area contributed by atoms with Gasteiger partial charge in [0.1, 0.15) is 6.54 Å². The Kier molecular flexibility index (Phi) is 7.03. The summed E-state index contributed by atoms with van der Waals surface area (Å²) in [5.74, 6) is -1.05. The zero-order chi connectivity index (χ0) is 15.0. The fourth-order valence-electron chi connectivity index (χ4n) is 2.04. The highest BCUT2D eigenvalue weighted by Gasteiger charge is 2.21. The van der Waals surface area contributed by atoms with E-state index in [4.69, 9.17) is 9.84 Å². The summed E-state index contributed by atoms with van der Waals surface area (Å²) < 4.78 is 5.57. The molecule has 0 aromatic rings. The maximum atomic E-state index is 11.9. The highest BCUT2D eigenvalue weighted by molar-refractivity contribution is 5.80. The molecule has 0 saturated carbocycles. The van der Waals surface area contributed by atoms with Crippen molar-refractivity contribution in [2.45, 2.75) is 13.0 Å². The van der Waals surface area contributed by atoms with Crippen LogP contribution >= 0.6 is 0 Å². The van der Waals surface area contributed by atoms with E-state index < -0.39 is 12.0 Å². The molecule has 1 rings (SSSR count). The van der Waals surface area contributed by atoms with Gasteiger partial charge in [-0.05, 0) is 6.54 Å². The van der Waals surface area contributed by atoms with Gasteiger partial charge in [0.15, 0.2) is 0 Å². The molecule has 7 heteroatoms. The summed E-state index contributed by atoms with van der Waals surface area (Å²) in [6.07, 6.45) is 1.45. The minimum Gasteiger partial charge on any atom is -0.480 e. The molecule has 1 unspecified atom stereocenters. The van der Waals surface area contributed by atoms with Crippen LogP contribution < -0.4 is 5.32 Å². The lowest BCUT2D eigenvalue weighted by molar-refractivity contribution is -0.137. The third-order valence-corrected chi connectivity index (χ3v) is 3.11. The number of nitrogens with one attached hydrogen (secondary N) is 1. The number of aliphatic carboxylic acids is 1. The summed E-state index contributed by atoms with van der Waals surface area (Å²) in [6.45, 7) is 9.12. The summed E-state index contributed by atoms with van der Waals surface area (Å²) in [6, 6.07) is -0.412. The predicted octanol–water partition coefficient (Wildman–Crippen LogP) is -0.0107. The molecule has 1 aliphatic heterocycles. The van der Waals surface area contributed by atoms with Crippen molar-refractivity contribution in [1.82, 2.24) is 15.1 Å². The Balaban J connectivity index is 2.39. The third kappa shape index (κ3) is 5.58. The number of nitrogens with zero attached hydrogens (tertiary/aromatic N) is 2. The number of morpholine rings is 1. The van der Waals surface area contributed by atoms with Gasteiger partial charge in [-0.1, -0.05) is 13.0 Å². The molecular formula is C13H23N3O4. The lowest BCUT2D eigenvalue weighted by atomic mass is 10.2. The number of ether oxygens (including phenoxy) is 1. The van der Waals surface area contributed by atoms with Gasteiger partial charge in [0.25, 0.3) is 0 Å². The summed E-state index contributed by atoms with van der Waals surface area (Å²) in [7, 11) is 0. The minimum atomic E-state index is -1.05. The average Bonchev–Trinajstić information content (AvgIpc) is 2.44. The maximum absolute atomic E-state index is 11.9. The number of carbonyl (C=O) groups is 2. The standard InChI is InChI=1S/C13H23N3O4/c1-3-5-16(10-12(17)18)13(19)14-8-11-9-15(4-2)6-7-20-11/h3,11H,1,4-10H2,2H3,(H,14,19)(H,17,18). The van der Waals surface area contributed by atoms with Gasteiger partial charge >= 0.3 is 12.0 Å². The topological polar surface area (TPSA) is 82.1 Å². The van der Waals surface area contributed by atoms with E-state index in [-0.39, 0.29) is 19.2 Å². The molecule has 2 amide bonds. The fourth-order valence-corrected chi connectivity index (χ4v) is 2.04. The van der Waals surface area contributed by atoms with E-state index in [1.165, 1.54) is 11.0 Å². The van der Waals surface area contributed by atoms with E-state index in [0.717, 1.165) is 19.6 Å². The van der Waals surface area contributed by atoms with Gasteiger partial charge in [0.05, 0.1) is 12.7 Å². The van der Waals surface area contributed by atoms with Crippen LogP contribution in [-0.2, 0) is 9.53 Å². The summed E-state index contributed by atoms with van der Waals surface area (Å²) in [5.41, 5.74) is 0. The Morgan fingerprint density at radius 1 is 1.60 bits per heavy atom. The summed E-state index contributed by atoms with van der Waals surface area (Å²) >= 11 is 0. The number of carbonyl (C=O) groups excluding carboxylic acids is 1. The molecule has 1 aliphatic rings. The van der Waals surface area contributed by atoms with Crippen molar-refractivity contribution < 1.29 is 19.4 Å². The van der Waals surface area contributed by atoms with Gasteiger partial charge in [-0.2, -0.15) is 0 Å². The smallest absolute Gasteiger partial charge is 0.323 e. The molecule has 0 aliphatic carbocycles. The number of carboxylic acid groups (broad SMARTS) is 1. The van der Waals surface area contributed by atoms with E-state index in [0.29, 0.717) is 13.2 Å². The normalized spacial score (nSPS) is 19.4. The number of urea groups is 1. The number of hydrogen-bond acceptors (Lipinski definition) is 4. The zero-order valence-electron chi connectivity index (χ0n) is 11.9. The van der Waals surface area contributed by atoms with Gasteiger partial charge in [-0.25, -0.2) is 4.79 Å². The quantitative estimate of drug-likeness (QED) is 0.643. The van der Waals surface area contributed by atoms with Crippen LogP contribution in [0.15, 0.2) is 12.7 Å². The van der Waals surface area contributed by atoms with Crippen LogP contribution in [-0.4, -0.2) is 78.9 Å². The van der Waals surface area contributed by atoms with Crippen molar-refractivity contribution in [2.24, 2.45) is 0 Å². The van der Waals surface area contributed by atoms with Crippen LogP contribution in [0.3, 0.4) is 0 Å². The van der Waals surface area contributed by atoms with Gasteiger partial charge in [0.2, 0.25) is 0 Å². The van der Waals surface area contributed by atoms with Gasteiger partial charge in [-0.15, -0.1) is 6.58 Å². The van der Waals surface area contributed by atoms with E-state index in [2.05, 4.69) is 23.7 Å². The molecule has 0 radical (unpaired) electrons. The first-order valence-corrected chi connectivity index (χ1v) is 6.76. The van der Waals surface area contributed by atoms with Gasteiger partial charge in [-0.3, -0.25) is 9.69 Å². The van der Waals surface area contributed by atoms with Gasteiger partial charge < -0.3 is 20.1 Å². The molecule has 0 aromatic carbocycles. The lowest BCUT2D eigenvalue weighted by Gasteiger charge is -2.32. The van der Waals surface area contributed by atoms with Crippen molar-refractivity contribution in [3.8, 4) is 0 Å². The molecule has 0 bridgehead atoms. The average molecular weight is 285 g/mol. The fraction of sp³-hybridized carbons (Fsp3) is 0.692. The minimum absolute atomic E-state index is 0.0527. The first-order valence-electron chi connectivity index (χ1n) is 6.76. The van der Waals surface area contributed by atoms with Crippen molar-refractivity contribution in [3.63, 3.8) is 0 Å².